The van der Waals surface area contributed by atoms with E-state index in [1.807, 2.05) is 19.9 Å². The van der Waals surface area contributed by atoms with E-state index in [2.05, 4.69) is 15.9 Å². The van der Waals surface area contributed by atoms with Gasteiger partial charge in [0.2, 0.25) is 0 Å². The van der Waals surface area contributed by atoms with Crippen LogP contribution in [0.4, 0.5) is 5.69 Å². The van der Waals surface area contributed by atoms with E-state index >= 15 is 0 Å². The average molecular weight is 315 g/mol. The minimum Gasteiger partial charge on any atom is -0.398 e. The molecule has 1 aromatic rings. The SMILES string of the molecule is COCCN(C(=O)c1cc(Br)ccc1N)C(C)C. The van der Waals surface area contributed by atoms with E-state index in [-0.39, 0.29) is 11.9 Å². The number of rotatable bonds is 5. The third kappa shape index (κ3) is 3.71. The smallest absolute Gasteiger partial charge is 0.256 e. The third-order valence-electron chi connectivity index (χ3n) is 2.67. The molecule has 0 spiro atoms. The fourth-order valence-corrected chi connectivity index (χ4v) is 2.01. The van der Waals surface area contributed by atoms with Crippen molar-refractivity contribution in [3.05, 3.63) is 28.2 Å². The Morgan fingerprint density at radius 3 is 2.72 bits per heavy atom. The van der Waals surface area contributed by atoms with Gasteiger partial charge < -0.3 is 15.4 Å². The Balaban J connectivity index is 2.98. The number of anilines is 1. The quantitative estimate of drug-likeness (QED) is 0.850. The van der Waals surface area contributed by atoms with Gasteiger partial charge in [0.25, 0.3) is 5.91 Å². The lowest BCUT2D eigenvalue weighted by Crippen LogP contribution is -2.39. The van der Waals surface area contributed by atoms with Crippen molar-refractivity contribution >= 4 is 27.5 Å². The Hall–Kier alpha value is -1.07. The minimum absolute atomic E-state index is 0.0687. The molecule has 0 bridgehead atoms. The van der Waals surface area contributed by atoms with E-state index < -0.39 is 0 Å². The third-order valence-corrected chi connectivity index (χ3v) is 3.16. The van der Waals surface area contributed by atoms with Crippen LogP contribution in [0.15, 0.2) is 22.7 Å². The molecule has 0 atom stereocenters. The number of carbonyl (C=O) groups is 1. The van der Waals surface area contributed by atoms with E-state index in [1.54, 1.807) is 24.1 Å². The van der Waals surface area contributed by atoms with Crippen LogP contribution in [0.3, 0.4) is 0 Å². The van der Waals surface area contributed by atoms with E-state index in [0.29, 0.717) is 24.4 Å². The molecular weight excluding hydrogens is 296 g/mol. The Morgan fingerprint density at radius 2 is 2.17 bits per heavy atom. The highest BCUT2D eigenvalue weighted by Crippen LogP contribution is 2.20. The fourth-order valence-electron chi connectivity index (χ4n) is 1.65. The van der Waals surface area contributed by atoms with Gasteiger partial charge in [-0.1, -0.05) is 15.9 Å². The molecular formula is C13H19BrN2O2. The predicted octanol–water partition coefficient (Wildman–Crippen LogP) is 2.53. The van der Waals surface area contributed by atoms with Crippen LogP contribution in [0.2, 0.25) is 0 Å². The maximum absolute atomic E-state index is 12.4. The van der Waals surface area contributed by atoms with Gasteiger partial charge in [0.05, 0.1) is 12.2 Å². The molecule has 100 valence electrons. The monoisotopic (exact) mass is 314 g/mol. The molecule has 2 N–H and O–H groups in total. The highest BCUT2D eigenvalue weighted by Gasteiger charge is 2.20. The number of nitrogen functional groups attached to an aromatic ring is 1. The number of carbonyl (C=O) groups excluding carboxylic acids is 1. The van der Waals surface area contributed by atoms with Crippen LogP contribution in [0.25, 0.3) is 0 Å². The van der Waals surface area contributed by atoms with Crippen LogP contribution in [0.1, 0.15) is 24.2 Å². The molecule has 0 aliphatic rings. The molecule has 18 heavy (non-hydrogen) atoms. The second-order valence-corrected chi connectivity index (χ2v) is 5.23. The first kappa shape index (κ1) is 15.0. The van der Waals surface area contributed by atoms with Crippen molar-refractivity contribution in [3.63, 3.8) is 0 Å². The van der Waals surface area contributed by atoms with Crippen molar-refractivity contribution in [1.29, 1.82) is 0 Å². The molecule has 0 aromatic heterocycles. The summed E-state index contributed by atoms with van der Waals surface area (Å²) in [5.74, 6) is -0.0687. The van der Waals surface area contributed by atoms with Crippen molar-refractivity contribution in [2.75, 3.05) is 26.0 Å². The molecule has 0 aliphatic heterocycles. The zero-order valence-electron chi connectivity index (χ0n) is 10.9. The zero-order valence-corrected chi connectivity index (χ0v) is 12.5. The Kier molecular flexibility index (Phi) is 5.62. The number of hydrogen-bond acceptors (Lipinski definition) is 3. The van der Waals surface area contributed by atoms with Crippen molar-refractivity contribution in [2.45, 2.75) is 19.9 Å². The Bertz CT molecular complexity index is 421. The molecule has 0 unspecified atom stereocenters. The summed E-state index contributed by atoms with van der Waals surface area (Å²) in [5, 5.41) is 0. The topological polar surface area (TPSA) is 55.6 Å². The molecule has 5 heteroatoms. The average Bonchev–Trinajstić information content (AvgIpc) is 2.32. The van der Waals surface area contributed by atoms with E-state index in [9.17, 15) is 4.79 Å². The van der Waals surface area contributed by atoms with Crippen molar-refractivity contribution < 1.29 is 9.53 Å². The summed E-state index contributed by atoms with van der Waals surface area (Å²) in [6, 6.07) is 5.40. The molecule has 4 nitrogen and oxygen atoms in total. The lowest BCUT2D eigenvalue weighted by atomic mass is 10.1. The summed E-state index contributed by atoms with van der Waals surface area (Å²) in [6.07, 6.45) is 0. The van der Waals surface area contributed by atoms with Crippen LogP contribution in [-0.2, 0) is 4.74 Å². The van der Waals surface area contributed by atoms with Gasteiger partial charge in [0.1, 0.15) is 0 Å². The van der Waals surface area contributed by atoms with Gasteiger partial charge in [0, 0.05) is 29.9 Å². The molecule has 0 aliphatic carbocycles. The summed E-state index contributed by atoms with van der Waals surface area (Å²) >= 11 is 3.35. The van der Waals surface area contributed by atoms with Gasteiger partial charge in [0.15, 0.2) is 0 Å². The molecule has 0 saturated carbocycles. The molecule has 1 aromatic carbocycles. The van der Waals surface area contributed by atoms with Crippen LogP contribution in [-0.4, -0.2) is 37.1 Å². The van der Waals surface area contributed by atoms with Gasteiger partial charge in [-0.05, 0) is 32.0 Å². The maximum Gasteiger partial charge on any atom is 0.256 e. The number of benzene rings is 1. The Labute approximate surface area is 116 Å². The number of ether oxygens (including phenoxy) is 1. The van der Waals surface area contributed by atoms with Gasteiger partial charge in [-0.15, -0.1) is 0 Å². The second kappa shape index (κ2) is 6.75. The Morgan fingerprint density at radius 1 is 1.50 bits per heavy atom. The highest BCUT2D eigenvalue weighted by molar-refractivity contribution is 9.10. The van der Waals surface area contributed by atoms with Crippen LogP contribution < -0.4 is 5.73 Å². The van der Waals surface area contributed by atoms with Crippen molar-refractivity contribution in [3.8, 4) is 0 Å². The summed E-state index contributed by atoms with van der Waals surface area (Å²) in [4.78, 5) is 14.2. The summed E-state index contributed by atoms with van der Waals surface area (Å²) < 4.78 is 5.87. The number of hydrogen-bond donors (Lipinski definition) is 1. The number of nitrogens with zero attached hydrogens (tertiary/aromatic N) is 1. The first-order valence-corrected chi connectivity index (χ1v) is 6.61. The van der Waals surface area contributed by atoms with Crippen LogP contribution in [0, 0.1) is 0 Å². The van der Waals surface area contributed by atoms with E-state index in [0.717, 1.165) is 4.47 Å². The molecule has 0 fully saturated rings. The first-order valence-electron chi connectivity index (χ1n) is 5.82. The van der Waals surface area contributed by atoms with E-state index in [4.69, 9.17) is 10.5 Å². The molecule has 0 radical (unpaired) electrons. The van der Waals surface area contributed by atoms with E-state index in [1.165, 1.54) is 0 Å². The van der Waals surface area contributed by atoms with Crippen molar-refractivity contribution in [1.82, 2.24) is 4.90 Å². The zero-order chi connectivity index (χ0) is 13.7. The first-order chi connectivity index (χ1) is 8.47. The van der Waals surface area contributed by atoms with Crippen LogP contribution >= 0.6 is 15.9 Å². The number of amides is 1. The van der Waals surface area contributed by atoms with Crippen molar-refractivity contribution in [2.24, 2.45) is 0 Å². The van der Waals surface area contributed by atoms with Gasteiger partial charge in [-0.25, -0.2) is 0 Å². The number of halogens is 1. The normalized spacial score (nSPS) is 10.7. The molecule has 1 rings (SSSR count). The lowest BCUT2D eigenvalue weighted by molar-refractivity contribution is 0.0636. The summed E-state index contributed by atoms with van der Waals surface area (Å²) in [7, 11) is 1.62. The minimum atomic E-state index is -0.0687. The standard InChI is InChI=1S/C13H19BrN2O2/c1-9(2)16(6-7-18-3)13(17)11-8-10(14)4-5-12(11)15/h4-5,8-9H,6-7,15H2,1-3H3. The van der Waals surface area contributed by atoms with Crippen LogP contribution in [0.5, 0.6) is 0 Å². The van der Waals surface area contributed by atoms with Gasteiger partial charge >= 0.3 is 0 Å². The lowest BCUT2D eigenvalue weighted by Gasteiger charge is -2.27. The summed E-state index contributed by atoms with van der Waals surface area (Å²) in [6.45, 7) is 5.01. The fraction of sp³-hybridized carbons (Fsp3) is 0.462. The largest absolute Gasteiger partial charge is 0.398 e. The maximum atomic E-state index is 12.4. The predicted molar refractivity (Wildman–Crippen MR) is 76.6 cm³/mol. The number of nitrogens with two attached hydrogens (primary N) is 1. The highest BCUT2D eigenvalue weighted by atomic mass is 79.9. The molecule has 0 heterocycles. The van der Waals surface area contributed by atoms with Gasteiger partial charge in [-0.3, -0.25) is 4.79 Å². The second-order valence-electron chi connectivity index (χ2n) is 4.32. The molecule has 0 saturated heterocycles. The van der Waals surface area contributed by atoms with Gasteiger partial charge in [-0.2, -0.15) is 0 Å². The summed E-state index contributed by atoms with van der Waals surface area (Å²) in [5.41, 5.74) is 6.87. The molecule has 1 amide bonds. The number of methoxy groups -OCH3 is 1.